The van der Waals surface area contributed by atoms with Gasteiger partial charge >= 0.3 is 0 Å². The maximum absolute atomic E-state index is 12.9. The lowest BCUT2D eigenvalue weighted by molar-refractivity contribution is -0.128. The molecule has 0 atom stereocenters. The molecule has 0 spiro atoms. The summed E-state index contributed by atoms with van der Waals surface area (Å²) < 4.78 is 14.5. The third kappa shape index (κ3) is 2.03. The molecule has 0 aliphatic carbocycles. The van der Waals surface area contributed by atoms with Gasteiger partial charge in [-0.25, -0.2) is 9.37 Å². The molecule has 0 fully saturated rings. The summed E-state index contributed by atoms with van der Waals surface area (Å²) in [6.45, 7) is 0. The van der Waals surface area contributed by atoms with E-state index in [0.717, 1.165) is 0 Å². The average Bonchev–Trinajstić information content (AvgIpc) is 2.58. The zero-order chi connectivity index (χ0) is 11.7. The van der Waals surface area contributed by atoms with Crippen molar-refractivity contribution >= 4 is 11.6 Å². The fraction of sp³-hybridized carbons (Fsp3) is 0.273. The van der Waals surface area contributed by atoms with Crippen LogP contribution < -0.4 is 0 Å². The molecule has 16 heavy (non-hydrogen) atoms. The number of amides is 1. The number of carbonyl (C=O) groups excluding carboxylic acids is 1. The second-order valence-electron chi connectivity index (χ2n) is 3.81. The molecule has 0 aliphatic rings. The van der Waals surface area contributed by atoms with Crippen molar-refractivity contribution < 1.29 is 9.18 Å². The number of hydrogen-bond acceptors (Lipinski definition) is 2. The summed E-state index contributed by atoms with van der Waals surface area (Å²) in [5.41, 5.74) is 1.28. The van der Waals surface area contributed by atoms with E-state index in [1.807, 2.05) is 0 Å². The lowest BCUT2D eigenvalue weighted by Gasteiger charge is -2.07. The van der Waals surface area contributed by atoms with Gasteiger partial charge in [-0.15, -0.1) is 0 Å². The van der Waals surface area contributed by atoms with Gasteiger partial charge in [0.15, 0.2) is 0 Å². The summed E-state index contributed by atoms with van der Waals surface area (Å²) >= 11 is 0. The summed E-state index contributed by atoms with van der Waals surface area (Å²) in [5.74, 6) is -0.348. The minimum atomic E-state index is -0.324. The molecule has 4 nitrogen and oxygen atoms in total. The summed E-state index contributed by atoms with van der Waals surface area (Å²) in [5, 5.41) is 0. The van der Waals surface area contributed by atoms with Crippen LogP contribution in [0.5, 0.6) is 0 Å². The SMILES string of the molecule is CN(C)C(=O)Cc1cn2cc(F)ccc2n1. The Morgan fingerprint density at radius 3 is 2.88 bits per heavy atom. The molecule has 0 saturated heterocycles. The van der Waals surface area contributed by atoms with Gasteiger partial charge in [0.1, 0.15) is 11.5 Å². The summed E-state index contributed by atoms with van der Waals surface area (Å²) in [6, 6.07) is 2.93. The first-order valence-electron chi connectivity index (χ1n) is 4.89. The maximum Gasteiger partial charge on any atom is 0.228 e. The van der Waals surface area contributed by atoms with Gasteiger partial charge in [-0.2, -0.15) is 0 Å². The zero-order valence-corrected chi connectivity index (χ0v) is 9.14. The number of hydrogen-bond donors (Lipinski definition) is 0. The number of fused-ring (bicyclic) bond motifs is 1. The fourth-order valence-corrected chi connectivity index (χ4v) is 1.42. The Kier molecular flexibility index (Phi) is 2.60. The lowest BCUT2D eigenvalue weighted by atomic mass is 10.3. The fourth-order valence-electron chi connectivity index (χ4n) is 1.42. The summed E-state index contributed by atoms with van der Waals surface area (Å²) in [6.07, 6.45) is 3.24. The van der Waals surface area contributed by atoms with Crippen LogP contribution in [-0.2, 0) is 11.2 Å². The first kappa shape index (κ1) is 10.6. The van der Waals surface area contributed by atoms with Gasteiger partial charge in [-0.05, 0) is 12.1 Å². The van der Waals surface area contributed by atoms with Gasteiger partial charge in [0.05, 0.1) is 12.1 Å². The topological polar surface area (TPSA) is 37.6 Å². The van der Waals surface area contributed by atoms with Crippen LogP contribution in [0.2, 0.25) is 0 Å². The van der Waals surface area contributed by atoms with E-state index in [-0.39, 0.29) is 18.1 Å². The number of pyridine rings is 1. The molecule has 2 heterocycles. The van der Waals surface area contributed by atoms with E-state index in [0.29, 0.717) is 11.3 Å². The highest BCUT2D eigenvalue weighted by Gasteiger charge is 2.09. The number of halogens is 1. The highest BCUT2D eigenvalue weighted by atomic mass is 19.1. The van der Waals surface area contributed by atoms with Gasteiger partial charge in [-0.3, -0.25) is 4.79 Å². The van der Waals surface area contributed by atoms with Crippen LogP contribution in [0.15, 0.2) is 24.5 Å². The highest BCUT2D eigenvalue weighted by molar-refractivity contribution is 5.77. The second-order valence-corrected chi connectivity index (χ2v) is 3.81. The molecule has 0 saturated carbocycles. The van der Waals surface area contributed by atoms with Gasteiger partial charge in [0.25, 0.3) is 0 Å². The molecule has 2 aromatic heterocycles. The van der Waals surface area contributed by atoms with E-state index >= 15 is 0 Å². The van der Waals surface area contributed by atoms with Crippen molar-refractivity contribution in [2.24, 2.45) is 0 Å². The van der Waals surface area contributed by atoms with E-state index in [4.69, 9.17) is 0 Å². The Labute approximate surface area is 92.3 Å². The Balaban J connectivity index is 2.29. The van der Waals surface area contributed by atoms with Gasteiger partial charge in [0.2, 0.25) is 5.91 Å². The molecule has 0 aromatic carbocycles. The van der Waals surface area contributed by atoms with E-state index < -0.39 is 0 Å². The van der Waals surface area contributed by atoms with Crippen LogP contribution >= 0.6 is 0 Å². The van der Waals surface area contributed by atoms with Crippen LogP contribution in [-0.4, -0.2) is 34.3 Å². The molecular formula is C11H12FN3O. The number of imidazole rings is 1. The molecule has 0 bridgehead atoms. The Morgan fingerprint density at radius 1 is 1.44 bits per heavy atom. The zero-order valence-electron chi connectivity index (χ0n) is 9.14. The monoisotopic (exact) mass is 221 g/mol. The molecule has 2 aromatic rings. The smallest absolute Gasteiger partial charge is 0.228 e. The maximum atomic E-state index is 12.9. The Morgan fingerprint density at radius 2 is 2.19 bits per heavy atom. The highest BCUT2D eigenvalue weighted by Crippen LogP contribution is 2.07. The van der Waals surface area contributed by atoms with Crippen LogP contribution in [0.1, 0.15) is 5.69 Å². The normalized spacial score (nSPS) is 10.7. The summed E-state index contributed by atoms with van der Waals surface area (Å²) in [7, 11) is 3.38. The van der Waals surface area contributed by atoms with Crippen LogP contribution in [0.4, 0.5) is 4.39 Å². The number of rotatable bonds is 2. The predicted molar refractivity (Wildman–Crippen MR) is 57.5 cm³/mol. The predicted octanol–water partition coefficient (Wildman–Crippen LogP) is 1.10. The Bertz CT molecular complexity index is 533. The quantitative estimate of drug-likeness (QED) is 0.761. The van der Waals surface area contributed by atoms with E-state index in [9.17, 15) is 9.18 Å². The molecule has 1 amide bonds. The third-order valence-electron chi connectivity index (χ3n) is 2.30. The largest absolute Gasteiger partial charge is 0.348 e. The molecule has 5 heteroatoms. The number of likely N-dealkylation sites (N-methyl/N-ethyl adjacent to an activating group) is 1. The molecule has 0 N–H and O–H groups in total. The first-order valence-corrected chi connectivity index (χ1v) is 4.89. The van der Waals surface area contributed by atoms with E-state index in [1.165, 1.54) is 17.2 Å². The van der Waals surface area contributed by atoms with Crippen molar-refractivity contribution in [3.05, 3.63) is 36.0 Å². The molecule has 84 valence electrons. The average molecular weight is 221 g/mol. The minimum Gasteiger partial charge on any atom is -0.348 e. The number of carbonyl (C=O) groups is 1. The number of aromatic nitrogens is 2. The van der Waals surface area contributed by atoms with Crippen molar-refractivity contribution in [2.75, 3.05) is 14.1 Å². The van der Waals surface area contributed by atoms with E-state index in [2.05, 4.69) is 4.98 Å². The van der Waals surface area contributed by atoms with Gasteiger partial charge < -0.3 is 9.30 Å². The van der Waals surface area contributed by atoms with Gasteiger partial charge in [-0.1, -0.05) is 0 Å². The first-order chi connectivity index (χ1) is 7.56. The Hall–Kier alpha value is -1.91. The standard InChI is InChI=1S/C11H12FN3O/c1-14(2)11(16)5-9-7-15-6-8(12)3-4-10(15)13-9/h3-4,6-7H,5H2,1-2H3. The van der Waals surface area contributed by atoms with Crippen molar-refractivity contribution in [3.8, 4) is 0 Å². The van der Waals surface area contributed by atoms with E-state index in [1.54, 1.807) is 30.8 Å². The summed E-state index contributed by atoms with van der Waals surface area (Å²) in [4.78, 5) is 17.2. The molecule has 0 unspecified atom stereocenters. The second kappa shape index (κ2) is 3.92. The minimum absolute atomic E-state index is 0.0242. The van der Waals surface area contributed by atoms with Crippen molar-refractivity contribution in [1.29, 1.82) is 0 Å². The van der Waals surface area contributed by atoms with Crippen molar-refractivity contribution in [2.45, 2.75) is 6.42 Å². The van der Waals surface area contributed by atoms with Crippen LogP contribution in [0, 0.1) is 5.82 Å². The molecule has 0 radical (unpaired) electrons. The molecule has 2 rings (SSSR count). The van der Waals surface area contributed by atoms with Crippen LogP contribution in [0.3, 0.4) is 0 Å². The third-order valence-corrected chi connectivity index (χ3v) is 2.30. The van der Waals surface area contributed by atoms with Crippen molar-refractivity contribution in [1.82, 2.24) is 14.3 Å². The van der Waals surface area contributed by atoms with Crippen LogP contribution in [0.25, 0.3) is 5.65 Å². The lowest BCUT2D eigenvalue weighted by Crippen LogP contribution is -2.23. The van der Waals surface area contributed by atoms with Crippen molar-refractivity contribution in [3.63, 3.8) is 0 Å². The molecule has 0 aliphatic heterocycles. The van der Waals surface area contributed by atoms with Gasteiger partial charge in [0, 0.05) is 26.5 Å². The molecular weight excluding hydrogens is 209 g/mol. The number of nitrogens with zero attached hydrogens (tertiary/aromatic N) is 3.